The fraction of sp³-hybridized carbons (Fsp3) is 0.462. The van der Waals surface area contributed by atoms with Crippen LogP contribution in [-0.2, 0) is 6.42 Å². The molecular formula is C13H18BrNO. The van der Waals surface area contributed by atoms with E-state index in [4.69, 9.17) is 0 Å². The zero-order valence-corrected chi connectivity index (χ0v) is 11.9. The maximum absolute atomic E-state index is 11.0. The number of halogens is 1. The molecule has 1 aromatic carbocycles. The summed E-state index contributed by atoms with van der Waals surface area (Å²) in [6.07, 6.45) is 0.909. The minimum absolute atomic E-state index is 0.0603. The largest absolute Gasteiger partial charge is 0.336 e. The van der Waals surface area contributed by atoms with Crippen LogP contribution in [0.25, 0.3) is 0 Å². The fourth-order valence-corrected chi connectivity index (χ4v) is 2.15. The van der Waals surface area contributed by atoms with Crippen LogP contribution in [0.5, 0.6) is 0 Å². The standard InChI is InChI=1S/C13H18BrNO/c1-9-7-10(2)12(11(3)8-9)5-6-15(4)13(14)16/h7-8H,5-6H2,1-4H3. The molecular weight excluding hydrogens is 266 g/mol. The number of benzene rings is 1. The molecule has 0 aromatic heterocycles. The summed E-state index contributed by atoms with van der Waals surface area (Å²) in [5.74, 6) is 0. The van der Waals surface area contributed by atoms with Gasteiger partial charge in [0.1, 0.15) is 0 Å². The molecule has 0 saturated heterocycles. The zero-order valence-electron chi connectivity index (χ0n) is 10.3. The molecule has 88 valence electrons. The van der Waals surface area contributed by atoms with Crippen LogP contribution < -0.4 is 0 Å². The SMILES string of the molecule is Cc1cc(C)c(CCN(C)C(=O)Br)c(C)c1. The summed E-state index contributed by atoms with van der Waals surface area (Å²) in [6.45, 7) is 7.11. The number of amides is 1. The van der Waals surface area contributed by atoms with Crippen LogP contribution in [0.2, 0.25) is 0 Å². The third-order valence-corrected chi connectivity index (χ3v) is 3.44. The Bertz CT molecular complexity index is 378. The summed E-state index contributed by atoms with van der Waals surface area (Å²) in [4.78, 5) is 12.7. The van der Waals surface area contributed by atoms with Gasteiger partial charge in [0.25, 0.3) is 4.82 Å². The van der Waals surface area contributed by atoms with Crippen molar-refractivity contribution in [3.05, 3.63) is 34.4 Å². The molecule has 0 aliphatic rings. The van der Waals surface area contributed by atoms with Crippen LogP contribution >= 0.6 is 15.9 Å². The average Bonchev–Trinajstić information content (AvgIpc) is 2.15. The molecule has 0 heterocycles. The first kappa shape index (κ1) is 13.2. The van der Waals surface area contributed by atoms with E-state index in [0.29, 0.717) is 0 Å². The van der Waals surface area contributed by atoms with Gasteiger partial charge in [0.2, 0.25) is 0 Å². The lowest BCUT2D eigenvalue weighted by Crippen LogP contribution is -2.23. The van der Waals surface area contributed by atoms with Crippen LogP contribution in [0.15, 0.2) is 12.1 Å². The minimum Gasteiger partial charge on any atom is -0.336 e. The molecule has 1 amide bonds. The second-order valence-electron chi connectivity index (χ2n) is 4.30. The number of rotatable bonds is 3. The molecule has 0 aliphatic carbocycles. The van der Waals surface area contributed by atoms with Crippen molar-refractivity contribution in [2.75, 3.05) is 13.6 Å². The average molecular weight is 284 g/mol. The maximum Gasteiger partial charge on any atom is 0.289 e. The highest BCUT2D eigenvalue weighted by Crippen LogP contribution is 2.17. The first-order chi connectivity index (χ1) is 7.41. The lowest BCUT2D eigenvalue weighted by Gasteiger charge is -2.16. The van der Waals surface area contributed by atoms with Gasteiger partial charge in [-0.2, -0.15) is 0 Å². The van der Waals surface area contributed by atoms with Crippen molar-refractivity contribution in [2.45, 2.75) is 27.2 Å². The topological polar surface area (TPSA) is 20.3 Å². The second-order valence-corrected chi connectivity index (χ2v) is 4.98. The number of nitrogens with zero attached hydrogens (tertiary/aromatic N) is 1. The molecule has 0 bridgehead atoms. The van der Waals surface area contributed by atoms with Crippen LogP contribution in [0.4, 0.5) is 4.79 Å². The molecule has 2 nitrogen and oxygen atoms in total. The van der Waals surface area contributed by atoms with Gasteiger partial charge in [-0.05, 0) is 43.9 Å². The number of hydrogen-bond donors (Lipinski definition) is 0. The predicted molar refractivity (Wildman–Crippen MR) is 71.3 cm³/mol. The van der Waals surface area contributed by atoms with Crippen LogP contribution in [0.1, 0.15) is 22.3 Å². The first-order valence-corrected chi connectivity index (χ1v) is 6.18. The molecule has 0 unspecified atom stereocenters. The smallest absolute Gasteiger partial charge is 0.289 e. The normalized spacial score (nSPS) is 10.3. The molecule has 0 radical (unpaired) electrons. The second kappa shape index (κ2) is 5.48. The lowest BCUT2D eigenvalue weighted by molar-refractivity contribution is 0.235. The fourth-order valence-electron chi connectivity index (χ4n) is 1.97. The van der Waals surface area contributed by atoms with Crippen molar-refractivity contribution < 1.29 is 4.79 Å². The molecule has 0 saturated carbocycles. The van der Waals surface area contributed by atoms with E-state index in [9.17, 15) is 4.79 Å². The van der Waals surface area contributed by atoms with Gasteiger partial charge >= 0.3 is 0 Å². The van der Waals surface area contributed by atoms with Crippen molar-refractivity contribution in [2.24, 2.45) is 0 Å². The van der Waals surface area contributed by atoms with Gasteiger partial charge in [0.15, 0.2) is 0 Å². The van der Waals surface area contributed by atoms with E-state index in [-0.39, 0.29) is 4.82 Å². The lowest BCUT2D eigenvalue weighted by atomic mass is 9.97. The Hall–Kier alpha value is -0.830. The maximum atomic E-state index is 11.0. The Morgan fingerprint density at radius 3 is 2.19 bits per heavy atom. The highest BCUT2D eigenvalue weighted by Gasteiger charge is 2.07. The Labute approximate surface area is 106 Å². The zero-order chi connectivity index (χ0) is 12.3. The van der Waals surface area contributed by atoms with Gasteiger partial charge in [-0.1, -0.05) is 17.7 Å². The Morgan fingerprint density at radius 2 is 1.75 bits per heavy atom. The highest BCUT2D eigenvalue weighted by molar-refractivity contribution is 9.18. The van der Waals surface area contributed by atoms with Crippen molar-refractivity contribution >= 4 is 20.7 Å². The molecule has 16 heavy (non-hydrogen) atoms. The summed E-state index contributed by atoms with van der Waals surface area (Å²) in [7, 11) is 1.80. The third kappa shape index (κ3) is 3.34. The Morgan fingerprint density at radius 1 is 1.25 bits per heavy atom. The predicted octanol–water partition coefficient (Wildman–Crippen LogP) is 3.60. The van der Waals surface area contributed by atoms with E-state index >= 15 is 0 Å². The van der Waals surface area contributed by atoms with Crippen molar-refractivity contribution in [1.29, 1.82) is 0 Å². The van der Waals surface area contributed by atoms with Gasteiger partial charge in [-0.25, -0.2) is 0 Å². The summed E-state index contributed by atoms with van der Waals surface area (Å²) in [5, 5.41) is 0. The number of carbonyl (C=O) groups is 1. The van der Waals surface area contributed by atoms with E-state index in [1.165, 1.54) is 22.3 Å². The van der Waals surface area contributed by atoms with Gasteiger partial charge in [0, 0.05) is 29.5 Å². The number of carbonyl (C=O) groups excluding carboxylic acids is 1. The monoisotopic (exact) mass is 283 g/mol. The van der Waals surface area contributed by atoms with Gasteiger partial charge in [-0.3, -0.25) is 4.79 Å². The van der Waals surface area contributed by atoms with Crippen LogP contribution in [-0.4, -0.2) is 23.3 Å². The third-order valence-electron chi connectivity index (χ3n) is 2.84. The minimum atomic E-state index is -0.0603. The molecule has 0 atom stereocenters. The Balaban J connectivity index is 2.78. The quantitative estimate of drug-likeness (QED) is 0.613. The molecule has 0 fully saturated rings. The van der Waals surface area contributed by atoms with E-state index in [1.54, 1.807) is 11.9 Å². The van der Waals surface area contributed by atoms with Crippen LogP contribution in [0.3, 0.4) is 0 Å². The van der Waals surface area contributed by atoms with E-state index < -0.39 is 0 Å². The first-order valence-electron chi connectivity index (χ1n) is 5.39. The summed E-state index contributed by atoms with van der Waals surface area (Å²) in [6, 6.07) is 4.39. The van der Waals surface area contributed by atoms with Crippen molar-refractivity contribution in [1.82, 2.24) is 4.90 Å². The molecule has 0 aliphatic heterocycles. The van der Waals surface area contributed by atoms with Gasteiger partial charge < -0.3 is 4.90 Å². The van der Waals surface area contributed by atoms with E-state index in [2.05, 4.69) is 48.8 Å². The van der Waals surface area contributed by atoms with Crippen molar-refractivity contribution in [3.8, 4) is 0 Å². The number of hydrogen-bond acceptors (Lipinski definition) is 1. The summed E-state index contributed by atoms with van der Waals surface area (Å²) in [5.41, 5.74) is 5.27. The molecule has 3 heteroatoms. The van der Waals surface area contributed by atoms with Crippen LogP contribution in [0, 0.1) is 20.8 Å². The molecule has 1 aromatic rings. The Kier molecular flexibility index (Phi) is 4.54. The molecule has 0 spiro atoms. The van der Waals surface area contributed by atoms with E-state index in [0.717, 1.165) is 13.0 Å². The van der Waals surface area contributed by atoms with Crippen molar-refractivity contribution in [3.63, 3.8) is 0 Å². The number of aryl methyl sites for hydroxylation is 3. The highest BCUT2D eigenvalue weighted by atomic mass is 79.9. The molecule has 1 rings (SSSR count). The van der Waals surface area contributed by atoms with Gasteiger partial charge in [-0.15, -0.1) is 0 Å². The van der Waals surface area contributed by atoms with Gasteiger partial charge in [0.05, 0.1) is 0 Å². The van der Waals surface area contributed by atoms with E-state index in [1.807, 2.05) is 0 Å². The summed E-state index contributed by atoms with van der Waals surface area (Å²) >= 11 is 2.95. The number of likely N-dealkylation sites (N-methyl/N-ethyl adjacent to an activating group) is 1. The molecule has 0 N–H and O–H groups in total. The summed E-state index contributed by atoms with van der Waals surface area (Å²) < 4.78 is 0.